The van der Waals surface area contributed by atoms with Crippen molar-refractivity contribution in [1.29, 1.82) is 0 Å². The van der Waals surface area contributed by atoms with Crippen LogP contribution in [0.3, 0.4) is 0 Å². The molecule has 5 heteroatoms. The number of aromatic nitrogens is 1. The Labute approximate surface area is 129 Å². The summed E-state index contributed by atoms with van der Waals surface area (Å²) in [5, 5.41) is 0. The number of ether oxygens (including phenoxy) is 1. The summed E-state index contributed by atoms with van der Waals surface area (Å²) >= 11 is 5.15. The second-order valence-corrected chi connectivity index (χ2v) is 5.51. The lowest BCUT2D eigenvalue weighted by atomic mass is 10.1. The number of rotatable bonds is 2. The first kappa shape index (κ1) is 13.8. The lowest BCUT2D eigenvalue weighted by molar-refractivity contribution is 0.331. The number of fused-ring (bicyclic) bond motifs is 1. The second-order valence-electron chi connectivity index (χ2n) is 5.07. The van der Waals surface area contributed by atoms with E-state index in [2.05, 4.69) is 16.0 Å². The summed E-state index contributed by atoms with van der Waals surface area (Å²) in [6.45, 7) is 4.07. The van der Waals surface area contributed by atoms with E-state index < -0.39 is 0 Å². The summed E-state index contributed by atoms with van der Waals surface area (Å²) < 4.78 is 5.80. The van der Waals surface area contributed by atoms with Crippen LogP contribution in [0.4, 0.5) is 5.82 Å². The van der Waals surface area contributed by atoms with Crippen LogP contribution in [-0.2, 0) is 6.54 Å². The summed E-state index contributed by atoms with van der Waals surface area (Å²) in [4.78, 5) is 7.18. The van der Waals surface area contributed by atoms with Gasteiger partial charge >= 0.3 is 0 Å². The minimum absolute atomic E-state index is 0.371. The molecule has 2 aromatic rings. The first-order valence-electron chi connectivity index (χ1n) is 6.88. The van der Waals surface area contributed by atoms with E-state index in [1.54, 1.807) is 0 Å². The van der Waals surface area contributed by atoms with Crippen LogP contribution in [0.1, 0.15) is 16.8 Å². The van der Waals surface area contributed by atoms with Gasteiger partial charge in [0.15, 0.2) is 0 Å². The van der Waals surface area contributed by atoms with Gasteiger partial charge < -0.3 is 15.4 Å². The SMILES string of the molecule is Cc1ccc(C(N)=S)c(N2CCOc3ccccc3C2)n1. The van der Waals surface area contributed by atoms with E-state index in [9.17, 15) is 0 Å². The molecule has 0 radical (unpaired) electrons. The minimum atomic E-state index is 0.371. The molecule has 2 heterocycles. The monoisotopic (exact) mass is 299 g/mol. The van der Waals surface area contributed by atoms with Crippen molar-refractivity contribution in [1.82, 2.24) is 4.98 Å². The van der Waals surface area contributed by atoms with Gasteiger partial charge in [-0.2, -0.15) is 0 Å². The Morgan fingerprint density at radius 3 is 2.90 bits per heavy atom. The Bertz CT molecular complexity index is 687. The molecule has 0 bridgehead atoms. The molecule has 0 saturated heterocycles. The Balaban J connectivity index is 2.01. The van der Waals surface area contributed by atoms with E-state index in [0.717, 1.165) is 41.5 Å². The number of nitrogens with zero attached hydrogens (tertiary/aromatic N) is 2. The van der Waals surface area contributed by atoms with Crippen LogP contribution in [0.25, 0.3) is 0 Å². The van der Waals surface area contributed by atoms with Crippen molar-refractivity contribution >= 4 is 23.0 Å². The van der Waals surface area contributed by atoms with Crippen molar-refractivity contribution in [2.75, 3.05) is 18.1 Å². The number of thiocarbonyl (C=S) groups is 1. The highest BCUT2D eigenvalue weighted by molar-refractivity contribution is 7.80. The van der Waals surface area contributed by atoms with E-state index >= 15 is 0 Å². The van der Waals surface area contributed by atoms with Crippen LogP contribution in [0.15, 0.2) is 36.4 Å². The number of aryl methyl sites for hydroxylation is 1. The fourth-order valence-corrected chi connectivity index (χ4v) is 2.64. The van der Waals surface area contributed by atoms with Crippen molar-refractivity contribution in [3.8, 4) is 5.75 Å². The molecule has 1 aromatic carbocycles. The van der Waals surface area contributed by atoms with Crippen molar-refractivity contribution in [3.05, 3.63) is 53.2 Å². The van der Waals surface area contributed by atoms with Crippen LogP contribution >= 0.6 is 12.2 Å². The van der Waals surface area contributed by atoms with Crippen LogP contribution < -0.4 is 15.4 Å². The summed E-state index contributed by atoms with van der Waals surface area (Å²) in [6.07, 6.45) is 0. The number of para-hydroxylation sites is 1. The van der Waals surface area contributed by atoms with Crippen LogP contribution in [0.2, 0.25) is 0 Å². The van der Waals surface area contributed by atoms with Crippen molar-refractivity contribution in [2.24, 2.45) is 5.73 Å². The summed E-state index contributed by atoms with van der Waals surface area (Å²) in [6, 6.07) is 11.9. The molecule has 1 aliphatic rings. The zero-order chi connectivity index (χ0) is 14.8. The Morgan fingerprint density at radius 2 is 2.10 bits per heavy atom. The molecule has 0 atom stereocenters. The van der Waals surface area contributed by atoms with Gasteiger partial charge in [0.05, 0.1) is 12.1 Å². The summed E-state index contributed by atoms with van der Waals surface area (Å²) in [5.74, 6) is 1.77. The van der Waals surface area contributed by atoms with Gasteiger partial charge in [-0.1, -0.05) is 30.4 Å². The van der Waals surface area contributed by atoms with Crippen molar-refractivity contribution in [2.45, 2.75) is 13.5 Å². The molecule has 0 unspecified atom stereocenters. The molecule has 21 heavy (non-hydrogen) atoms. The topological polar surface area (TPSA) is 51.4 Å². The largest absolute Gasteiger partial charge is 0.491 e. The van der Waals surface area contributed by atoms with Gasteiger partial charge in [-0.25, -0.2) is 4.98 Å². The zero-order valence-electron chi connectivity index (χ0n) is 11.9. The van der Waals surface area contributed by atoms with Gasteiger partial charge in [-0.3, -0.25) is 0 Å². The third-order valence-electron chi connectivity index (χ3n) is 3.53. The van der Waals surface area contributed by atoms with Gasteiger partial charge in [0.1, 0.15) is 23.2 Å². The van der Waals surface area contributed by atoms with E-state index in [4.69, 9.17) is 22.7 Å². The fourth-order valence-electron chi connectivity index (χ4n) is 2.48. The van der Waals surface area contributed by atoms with Crippen LogP contribution in [0.5, 0.6) is 5.75 Å². The normalized spacial score (nSPS) is 14.0. The molecule has 0 aliphatic carbocycles. The highest BCUT2D eigenvalue weighted by Gasteiger charge is 2.19. The minimum Gasteiger partial charge on any atom is -0.491 e. The maximum absolute atomic E-state index is 5.84. The van der Waals surface area contributed by atoms with E-state index in [0.29, 0.717) is 11.6 Å². The summed E-state index contributed by atoms with van der Waals surface area (Å²) in [7, 11) is 0. The first-order valence-corrected chi connectivity index (χ1v) is 7.29. The van der Waals surface area contributed by atoms with Crippen LogP contribution in [-0.4, -0.2) is 23.1 Å². The molecular formula is C16H17N3OS. The highest BCUT2D eigenvalue weighted by atomic mass is 32.1. The maximum Gasteiger partial charge on any atom is 0.139 e. The fraction of sp³-hybridized carbons (Fsp3) is 0.250. The third kappa shape index (κ3) is 2.83. The van der Waals surface area contributed by atoms with E-state index in [1.807, 2.05) is 37.3 Å². The van der Waals surface area contributed by atoms with Crippen LogP contribution in [0, 0.1) is 6.92 Å². The molecule has 108 valence electrons. The Morgan fingerprint density at radius 1 is 1.29 bits per heavy atom. The van der Waals surface area contributed by atoms with E-state index in [1.165, 1.54) is 0 Å². The smallest absolute Gasteiger partial charge is 0.139 e. The number of hydrogen-bond acceptors (Lipinski definition) is 4. The third-order valence-corrected chi connectivity index (χ3v) is 3.75. The molecule has 3 rings (SSSR count). The predicted octanol–water partition coefficient (Wildman–Crippen LogP) is 2.42. The average Bonchev–Trinajstić information content (AvgIpc) is 2.68. The molecular weight excluding hydrogens is 282 g/mol. The molecule has 0 amide bonds. The lowest BCUT2D eigenvalue weighted by Crippen LogP contribution is -2.29. The highest BCUT2D eigenvalue weighted by Crippen LogP contribution is 2.27. The number of benzene rings is 1. The molecule has 4 nitrogen and oxygen atoms in total. The lowest BCUT2D eigenvalue weighted by Gasteiger charge is -2.23. The first-order chi connectivity index (χ1) is 10.1. The molecule has 0 saturated carbocycles. The van der Waals surface area contributed by atoms with Gasteiger partial charge in [0.25, 0.3) is 0 Å². The number of anilines is 1. The standard InChI is InChI=1S/C16H17N3OS/c1-11-6-7-13(15(17)21)16(18-11)19-8-9-20-14-5-3-2-4-12(14)10-19/h2-7H,8-10H2,1H3,(H2,17,21). The Hall–Kier alpha value is -2.14. The van der Waals surface area contributed by atoms with Gasteiger partial charge in [-0.15, -0.1) is 0 Å². The number of pyridine rings is 1. The molecule has 1 aliphatic heterocycles. The van der Waals surface area contributed by atoms with Crippen molar-refractivity contribution < 1.29 is 4.74 Å². The predicted molar refractivity (Wildman–Crippen MR) is 87.8 cm³/mol. The molecule has 1 aromatic heterocycles. The molecule has 0 spiro atoms. The van der Waals surface area contributed by atoms with E-state index in [-0.39, 0.29) is 0 Å². The zero-order valence-corrected chi connectivity index (χ0v) is 12.7. The average molecular weight is 299 g/mol. The maximum atomic E-state index is 5.84. The number of nitrogens with two attached hydrogens (primary N) is 1. The van der Waals surface area contributed by atoms with Gasteiger partial charge in [0, 0.05) is 17.8 Å². The number of hydrogen-bond donors (Lipinski definition) is 1. The Kier molecular flexibility index (Phi) is 3.75. The molecule has 0 fully saturated rings. The quantitative estimate of drug-likeness (QED) is 0.863. The van der Waals surface area contributed by atoms with Gasteiger partial charge in [-0.05, 0) is 25.1 Å². The molecule has 2 N–H and O–H groups in total. The second kappa shape index (κ2) is 5.69. The van der Waals surface area contributed by atoms with Gasteiger partial charge in [0.2, 0.25) is 0 Å². The van der Waals surface area contributed by atoms with Crippen molar-refractivity contribution in [3.63, 3.8) is 0 Å². The summed E-state index contributed by atoms with van der Waals surface area (Å²) in [5.41, 5.74) is 8.75.